The average molecular weight is 438 g/mol. The van der Waals surface area contributed by atoms with Gasteiger partial charge in [0.1, 0.15) is 5.75 Å². The smallest absolute Gasteiger partial charge is 0.343 e. The van der Waals surface area contributed by atoms with E-state index in [2.05, 4.69) is 14.8 Å². The number of halogens is 1. The normalized spacial score (nSPS) is 10.9. The Bertz CT molecular complexity index is 1300. The summed E-state index contributed by atoms with van der Waals surface area (Å²) < 4.78 is 12.1. The lowest BCUT2D eigenvalue weighted by Crippen LogP contribution is -2.17. The van der Waals surface area contributed by atoms with E-state index in [-0.39, 0.29) is 12.2 Å². The van der Waals surface area contributed by atoms with Gasteiger partial charge in [-0.25, -0.2) is 9.48 Å². The van der Waals surface area contributed by atoms with E-state index in [0.717, 1.165) is 16.8 Å². The standard InChI is InChI=1S/C23H20ClN3O4/c1-14-17(12-15-4-6-16(7-5-15)27-11-3-10-25-27)23(29)26-22-18(24)8-9-19(21(14)22)31-13-20(28)30-2/h3-11H,12-13H2,1-2H3,(H,26,29). The van der Waals surface area contributed by atoms with Crippen molar-refractivity contribution in [3.8, 4) is 11.4 Å². The summed E-state index contributed by atoms with van der Waals surface area (Å²) in [5.74, 6) is -0.0449. The number of aromatic nitrogens is 3. The molecule has 0 amide bonds. The molecule has 0 radical (unpaired) electrons. The van der Waals surface area contributed by atoms with Crippen LogP contribution in [0.3, 0.4) is 0 Å². The monoisotopic (exact) mass is 437 g/mol. The van der Waals surface area contributed by atoms with Gasteiger partial charge < -0.3 is 14.5 Å². The van der Waals surface area contributed by atoms with E-state index in [9.17, 15) is 9.59 Å². The van der Waals surface area contributed by atoms with Crippen molar-refractivity contribution >= 4 is 28.5 Å². The number of benzene rings is 2. The topological polar surface area (TPSA) is 86.2 Å². The number of aryl methyl sites for hydroxylation is 1. The van der Waals surface area contributed by atoms with E-state index >= 15 is 0 Å². The maximum Gasteiger partial charge on any atom is 0.343 e. The number of aromatic amines is 1. The molecule has 2 aromatic carbocycles. The quantitative estimate of drug-likeness (QED) is 0.463. The molecule has 0 unspecified atom stereocenters. The first kappa shape index (κ1) is 20.7. The zero-order valence-corrected chi connectivity index (χ0v) is 17.8. The predicted molar refractivity (Wildman–Crippen MR) is 118 cm³/mol. The van der Waals surface area contributed by atoms with Crippen molar-refractivity contribution in [1.29, 1.82) is 0 Å². The maximum absolute atomic E-state index is 12.8. The number of carbonyl (C=O) groups is 1. The van der Waals surface area contributed by atoms with Gasteiger partial charge in [-0.2, -0.15) is 5.10 Å². The third kappa shape index (κ3) is 4.18. The second-order valence-electron chi connectivity index (χ2n) is 7.01. The lowest BCUT2D eigenvalue weighted by molar-refractivity contribution is -0.142. The Morgan fingerprint density at radius 3 is 2.65 bits per heavy atom. The van der Waals surface area contributed by atoms with Gasteiger partial charge in [0.25, 0.3) is 5.56 Å². The molecular formula is C23H20ClN3O4. The number of nitrogens with zero attached hydrogens (tertiary/aromatic N) is 2. The summed E-state index contributed by atoms with van der Waals surface area (Å²) in [4.78, 5) is 27.2. The van der Waals surface area contributed by atoms with Crippen LogP contribution in [-0.2, 0) is 16.0 Å². The number of nitrogens with one attached hydrogen (secondary N) is 1. The minimum absolute atomic E-state index is 0.215. The molecule has 4 aromatic rings. The molecular weight excluding hydrogens is 418 g/mol. The van der Waals surface area contributed by atoms with Crippen molar-refractivity contribution in [2.75, 3.05) is 13.7 Å². The Kier molecular flexibility index (Phi) is 5.77. The Labute approximate surface area is 183 Å². The number of pyridine rings is 1. The Morgan fingerprint density at radius 1 is 1.19 bits per heavy atom. The van der Waals surface area contributed by atoms with Crippen molar-refractivity contribution < 1.29 is 14.3 Å². The fourth-order valence-corrected chi connectivity index (χ4v) is 3.69. The fraction of sp³-hybridized carbons (Fsp3) is 0.174. The summed E-state index contributed by atoms with van der Waals surface area (Å²) in [7, 11) is 1.30. The molecule has 0 aliphatic carbocycles. The van der Waals surface area contributed by atoms with Crippen LogP contribution in [-0.4, -0.2) is 34.5 Å². The summed E-state index contributed by atoms with van der Waals surface area (Å²) in [6.45, 7) is 1.61. The van der Waals surface area contributed by atoms with Crippen molar-refractivity contribution in [1.82, 2.24) is 14.8 Å². The van der Waals surface area contributed by atoms with Gasteiger partial charge in [-0.05, 0) is 48.4 Å². The van der Waals surface area contributed by atoms with Crippen molar-refractivity contribution in [3.05, 3.63) is 86.9 Å². The molecule has 4 rings (SSSR count). The van der Waals surface area contributed by atoms with Crippen molar-refractivity contribution in [3.63, 3.8) is 0 Å². The number of carbonyl (C=O) groups excluding carboxylic acids is 1. The van der Waals surface area contributed by atoms with Crippen LogP contribution in [0.2, 0.25) is 5.02 Å². The van der Waals surface area contributed by atoms with Gasteiger partial charge in [-0.15, -0.1) is 0 Å². The van der Waals surface area contributed by atoms with E-state index in [1.165, 1.54) is 7.11 Å². The van der Waals surface area contributed by atoms with Gasteiger partial charge in [0.05, 0.1) is 23.3 Å². The number of fused-ring (bicyclic) bond motifs is 1. The van der Waals surface area contributed by atoms with Crippen LogP contribution in [0.1, 0.15) is 16.7 Å². The Hall–Kier alpha value is -3.58. The minimum atomic E-state index is -0.498. The first-order valence-corrected chi connectivity index (χ1v) is 9.98. The Morgan fingerprint density at radius 2 is 1.97 bits per heavy atom. The highest BCUT2D eigenvalue weighted by molar-refractivity contribution is 6.35. The molecule has 158 valence electrons. The maximum atomic E-state index is 12.8. The molecule has 1 N–H and O–H groups in total. The van der Waals surface area contributed by atoms with Gasteiger partial charge in [0.2, 0.25) is 0 Å². The minimum Gasteiger partial charge on any atom is -0.481 e. The highest BCUT2D eigenvalue weighted by atomic mass is 35.5. The Balaban J connectivity index is 1.72. The molecule has 0 atom stereocenters. The van der Waals surface area contributed by atoms with E-state index < -0.39 is 5.97 Å². The van der Waals surface area contributed by atoms with Crippen LogP contribution < -0.4 is 10.3 Å². The molecule has 0 aliphatic rings. The lowest BCUT2D eigenvalue weighted by Gasteiger charge is -2.14. The third-order valence-corrected chi connectivity index (χ3v) is 5.43. The number of esters is 1. The van der Waals surface area contributed by atoms with E-state index in [1.54, 1.807) is 23.0 Å². The third-order valence-electron chi connectivity index (χ3n) is 5.12. The number of ether oxygens (including phenoxy) is 2. The SMILES string of the molecule is COC(=O)COc1ccc(Cl)c2[nH]c(=O)c(Cc3ccc(-n4cccn4)cc3)c(C)c12. The zero-order chi connectivity index (χ0) is 22.0. The summed E-state index contributed by atoms with van der Waals surface area (Å²) in [5.41, 5.74) is 3.52. The lowest BCUT2D eigenvalue weighted by atomic mass is 9.98. The molecule has 0 saturated heterocycles. The first-order chi connectivity index (χ1) is 15.0. The van der Waals surface area contributed by atoms with Crippen LogP contribution in [0.5, 0.6) is 5.75 Å². The number of hydrogen-bond acceptors (Lipinski definition) is 5. The van der Waals surface area contributed by atoms with Gasteiger partial charge in [-0.3, -0.25) is 4.79 Å². The molecule has 2 aromatic heterocycles. The highest BCUT2D eigenvalue weighted by Gasteiger charge is 2.17. The van der Waals surface area contributed by atoms with Crippen LogP contribution in [0, 0.1) is 6.92 Å². The predicted octanol–water partition coefficient (Wildman–Crippen LogP) is 3.82. The van der Waals surface area contributed by atoms with Crippen molar-refractivity contribution in [2.45, 2.75) is 13.3 Å². The molecule has 0 bridgehead atoms. The number of methoxy groups -OCH3 is 1. The summed E-state index contributed by atoms with van der Waals surface area (Å²) in [6, 6.07) is 13.0. The molecule has 0 fully saturated rings. The average Bonchev–Trinajstić information content (AvgIpc) is 3.31. The highest BCUT2D eigenvalue weighted by Crippen LogP contribution is 2.33. The molecule has 8 heteroatoms. The molecule has 7 nitrogen and oxygen atoms in total. The molecule has 0 spiro atoms. The van der Waals surface area contributed by atoms with Crippen LogP contribution in [0.25, 0.3) is 16.6 Å². The molecule has 0 aliphatic heterocycles. The molecule has 31 heavy (non-hydrogen) atoms. The van der Waals surface area contributed by atoms with E-state index in [0.29, 0.717) is 33.7 Å². The van der Waals surface area contributed by atoms with Gasteiger partial charge in [-0.1, -0.05) is 23.7 Å². The van der Waals surface area contributed by atoms with Crippen LogP contribution in [0.4, 0.5) is 0 Å². The van der Waals surface area contributed by atoms with Crippen LogP contribution >= 0.6 is 11.6 Å². The van der Waals surface area contributed by atoms with Crippen LogP contribution in [0.15, 0.2) is 59.7 Å². The van der Waals surface area contributed by atoms with E-state index in [1.807, 2.05) is 43.5 Å². The van der Waals surface area contributed by atoms with Crippen molar-refractivity contribution in [2.24, 2.45) is 0 Å². The fourth-order valence-electron chi connectivity index (χ4n) is 3.48. The van der Waals surface area contributed by atoms with Gasteiger partial charge >= 0.3 is 5.97 Å². The summed E-state index contributed by atoms with van der Waals surface area (Å²) in [5, 5.41) is 5.28. The second-order valence-corrected chi connectivity index (χ2v) is 7.42. The summed E-state index contributed by atoms with van der Waals surface area (Å²) >= 11 is 6.32. The van der Waals surface area contributed by atoms with Gasteiger partial charge in [0.15, 0.2) is 6.61 Å². The zero-order valence-electron chi connectivity index (χ0n) is 17.0. The molecule has 0 saturated carbocycles. The number of H-pyrrole nitrogens is 1. The number of hydrogen-bond donors (Lipinski definition) is 1. The van der Waals surface area contributed by atoms with E-state index in [4.69, 9.17) is 16.3 Å². The molecule has 2 heterocycles. The summed E-state index contributed by atoms with van der Waals surface area (Å²) in [6.07, 6.45) is 4.02. The number of rotatable bonds is 6. The largest absolute Gasteiger partial charge is 0.481 e. The van der Waals surface area contributed by atoms with Gasteiger partial charge in [0, 0.05) is 29.8 Å². The first-order valence-electron chi connectivity index (χ1n) is 9.60. The second kappa shape index (κ2) is 8.65.